The molecule has 1 amide bonds. The van der Waals surface area contributed by atoms with Gasteiger partial charge in [-0.2, -0.15) is 0 Å². The first-order valence-corrected chi connectivity index (χ1v) is 12.4. The van der Waals surface area contributed by atoms with Gasteiger partial charge in [0.2, 0.25) is 0 Å². The van der Waals surface area contributed by atoms with Gasteiger partial charge in [-0.05, 0) is 79.4 Å². The maximum absolute atomic E-state index is 13.4. The van der Waals surface area contributed by atoms with E-state index in [1.807, 2.05) is 69.3 Å². The number of hydrogen-bond acceptors (Lipinski definition) is 5. The lowest BCUT2D eigenvalue weighted by Crippen LogP contribution is -2.30. The number of aliphatic hydroxyl groups is 1. The number of pyridine rings is 1. The smallest absolute Gasteiger partial charge is 0.300 e. The number of carbonyl (C=O) groups is 2. The van der Waals surface area contributed by atoms with E-state index in [0.717, 1.165) is 22.3 Å². The van der Waals surface area contributed by atoms with Gasteiger partial charge in [-0.3, -0.25) is 19.5 Å². The molecule has 4 aromatic rings. The van der Waals surface area contributed by atoms with Gasteiger partial charge in [-0.15, -0.1) is 0 Å². The second-order valence-electron chi connectivity index (χ2n) is 9.47. The number of aliphatic hydroxyl groups excluding tert-OH is 1. The molecule has 1 aromatic heterocycles. The van der Waals surface area contributed by atoms with Crippen molar-refractivity contribution in [2.45, 2.75) is 33.4 Å². The third kappa shape index (κ3) is 4.68. The molecule has 0 saturated carbocycles. The Morgan fingerprint density at radius 1 is 0.895 bits per heavy atom. The highest BCUT2D eigenvalue weighted by molar-refractivity contribution is 6.51. The van der Waals surface area contributed by atoms with E-state index in [2.05, 4.69) is 4.98 Å². The van der Waals surface area contributed by atoms with Gasteiger partial charge in [-0.1, -0.05) is 48.5 Å². The van der Waals surface area contributed by atoms with Crippen molar-refractivity contribution in [3.05, 3.63) is 130 Å². The van der Waals surface area contributed by atoms with Crippen molar-refractivity contribution in [2.75, 3.05) is 4.90 Å². The molecule has 190 valence electrons. The topological polar surface area (TPSA) is 79.7 Å². The number of rotatable bonds is 6. The standard InChI is InChI=1S/C32H28N2O4/c1-20-12-13-21(2)26(17-20)34-29(25-11-7-8-16-33-25)28(31(36)32(34)37)30(35)24-14-15-27(22(3)18-24)38-19-23-9-5-4-6-10-23/h4-18,29,35H,19H2,1-3H3/b30-28-. The van der Waals surface area contributed by atoms with Crippen LogP contribution in [-0.4, -0.2) is 21.8 Å². The van der Waals surface area contributed by atoms with Gasteiger partial charge in [-0.25, -0.2) is 0 Å². The fraction of sp³-hybridized carbons (Fsp3) is 0.156. The monoisotopic (exact) mass is 504 g/mol. The van der Waals surface area contributed by atoms with Crippen LogP contribution in [0.5, 0.6) is 5.75 Å². The molecule has 1 aliphatic rings. The fourth-order valence-corrected chi connectivity index (χ4v) is 4.73. The summed E-state index contributed by atoms with van der Waals surface area (Å²) in [6.45, 7) is 6.11. The van der Waals surface area contributed by atoms with Crippen molar-refractivity contribution in [1.29, 1.82) is 0 Å². The molecule has 1 N–H and O–H groups in total. The number of nitrogens with zero attached hydrogens (tertiary/aromatic N) is 2. The lowest BCUT2D eigenvalue weighted by molar-refractivity contribution is -0.132. The predicted molar refractivity (Wildman–Crippen MR) is 147 cm³/mol. The lowest BCUT2D eigenvalue weighted by atomic mass is 9.97. The van der Waals surface area contributed by atoms with Gasteiger partial charge in [0.1, 0.15) is 24.2 Å². The van der Waals surface area contributed by atoms with E-state index < -0.39 is 17.7 Å². The van der Waals surface area contributed by atoms with Crippen LogP contribution in [0.2, 0.25) is 0 Å². The maximum Gasteiger partial charge on any atom is 0.300 e. The summed E-state index contributed by atoms with van der Waals surface area (Å²) in [5.74, 6) is -1.02. The van der Waals surface area contributed by atoms with Crippen LogP contribution in [0.4, 0.5) is 5.69 Å². The van der Waals surface area contributed by atoms with Gasteiger partial charge < -0.3 is 9.84 Å². The quantitative estimate of drug-likeness (QED) is 0.192. The molecule has 0 aliphatic carbocycles. The van der Waals surface area contributed by atoms with Crippen molar-refractivity contribution >= 4 is 23.1 Å². The van der Waals surface area contributed by atoms with Crippen LogP contribution >= 0.6 is 0 Å². The van der Waals surface area contributed by atoms with Gasteiger partial charge >= 0.3 is 0 Å². The molecule has 3 aromatic carbocycles. The number of anilines is 1. The van der Waals surface area contributed by atoms with E-state index in [4.69, 9.17) is 4.74 Å². The Labute approximate surface area is 221 Å². The molecule has 5 rings (SSSR count). The number of amides is 1. The number of hydrogen-bond donors (Lipinski definition) is 1. The first-order valence-electron chi connectivity index (χ1n) is 12.4. The second-order valence-corrected chi connectivity index (χ2v) is 9.47. The van der Waals surface area contributed by atoms with Crippen LogP contribution in [0.15, 0.2) is 96.7 Å². The average molecular weight is 505 g/mol. The average Bonchev–Trinajstić information content (AvgIpc) is 3.20. The Kier molecular flexibility index (Phi) is 6.79. The predicted octanol–water partition coefficient (Wildman–Crippen LogP) is 6.21. The highest BCUT2D eigenvalue weighted by atomic mass is 16.5. The molecule has 0 bridgehead atoms. The van der Waals surface area contributed by atoms with Crippen LogP contribution in [0.3, 0.4) is 0 Å². The fourth-order valence-electron chi connectivity index (χ4n) is 4.73. The Morgan fingerprint density at radius 3 is 2.37 bits per heavy atom. The number of aromatic nitrogens is 1. The molecule has 2 heterocycles. The molecule has 38 heavy (non-hydrogen) atoms. The summed E-state index contributed by atoms with van der Waals surface area (Å²) in [5.41, 5.74) is 5.17. The van der Waals surface area contributed by atoms with Gasteiger partial charge in [0, 0.05) is 17.4 Å². The minimum absolute atomic E-state index is 0.00644. The summed E-state index contributed by atoms with van der Waals surface area (Å²) < 4.78 is 5.97. The minimum atomic E-state index is -0.869. The van der Waals surface area contributed by atoms with E-state index in [-0.39, 0.29) is 11.3 Å². The maximum atomic E-state index is 13.4. The number of aryl methyl sites for hydroxylation is 3. The molecule has 1 unspecified atom stereocenters. The second kappa shape index (κ2) is 10.3. The van der Waals surface area contributed by atoms with Crippen molar-refractivity contribution in [2.24, 2.45) is 0 Å². The minimum Gasteiger partial charge on any atom is -0.507 e. The van der Waals surface area contributed by atoms with E-state index >= 15 is 0 Å². The van der Waals surface area contributed by atoms with Crippen LogP contribution < -0.4 is 9.64 Å². The number of ketones is 1. The largest absolute Gasteiger partial charge is 0.507 e. The molecular weight excluding hydrogens is 476 g/mol. The first kappa shape index (κ1) is 25.0. The van der Waals surface area contributed by atoms with E-state index in [9.17, 15) is 14.7 Å². The lowest BCUT2D eigenvalue weighted by Gasteiger charge is -2.26. The highest BCUT2D eigenvalue weighted by Gasteiger charge is 2.48. The summed E-state index contributed by atoms with van der Waals surface area (Å²) >= 11 is 0. The Balaban J connectivity index is 1.57. The van der Waals surface area contributed by atoms with E-state index in [1.54, 1.807) is 42.6 Å². The molecule has 0 radical (unpaired) electrons. The molecule has 0 spiro atoms. The highest BCUT2D eigenvalue weighted by Crippen LogP contribution is 2.43. The summed E-state index contributed by atoms with van der Waals surface area (Å²) in [6, 6.07) is 25.3. The van der Waals surface area contributed by atoms with Crippen LogP contribution in [0.1, 0.15) is 39.6 Å². The Bertz CT molecular complexity index is 1540. The van der Waals surface area contributed by atoms with Crippen molar-refractivity contribution in [3.8, 4) is 5.75 Å². The SMILES string of the molecule is Cc1ccc(C)c(N2C(=O)C(=O)/C(=C(\O)c3ccc(OCc4ccccc4)c(C)c3)C2c2ccccn2)c1. The number of ether oxygens (including phenoxy) is 1. The van der Waals surface area contributed by atoms with E-state index in [0.29, 0.717) is 29.3 Å². The molecule has 6 nitrogen and oxygen atoms in total. The zero-order chi connectivity index (χ0) is 26.8. The van der Waals surface area contributed by atoms with E-state index in [1.165, 1.54) is 4.90 Å². The van der Waals surface area contributed by atoms with Crippen LogP contribution in [0, 0.1) is 20.8 Å². The van der Waals surface area contributed by atoms with Crippen molar-refractivity contribution in [1.82, 2.24) is 4.98 Å². The van der Waals surface area contributed by atoms with Crippen molar-refractivity contribution < 1.29 is 19.4 Å². The zero-order valence-electron chi connectivity index (χ0n) is 21.5. The Morgan fingerprint density at radius 2 is 1.66 bits per heavy atom. The van der Waals surface area contributed by atoms with Gasteiger partial charge in [0.25, 0.3) is 11.7 Å². The zero-order valence-corrected chi connectivity index (χ0v) is 21.5. The Hall–Kier alpha value is -4.71. The first-order chi connectivity index (χ1) is 18.3. The number of carbonyl (C=O) groups excluding carboxylic acids is 2. The molecule has 1 atom stereocenters. The van der Waals surface area contributed by atoms with Crippen LogP contribution in [-0.2, 0) is 16.2 Å². The molecule has 1 aliphatic heterocycles. The summed E-state index contributed by atoms with van der Waals surface area (Å²) in [6.07, 6.45) is 1.61. The third-order valence-electron chi connectivity index (χ3n) is 6.72. The van der Waals surface area contributed by atoms with Crippen molar-refractivity contribution in [3.63, 3.8) is 0 Å². The third-order valence-corrected chi connectivity index (χ3v) is 6.72. The molecule has 6 heteroatoms. The normalized spacial score (nSPS) is 16.6. The summed E-state index contributed by atoms with van der Waals surface area (Å²) in [5, 5.41) is 11.5. The number of Topliss-reactive ketones (excluding diaryl/α,β-unsaturated/α-hetero) is 1. The molecular formula is C32H28N2O4. The van der Waals surface area contributed by atoms with Gasteiger partial charge in [0.05, 0.1) is 11.3 Å². The van der Waals surface area contributed by atoms with Crippen LogP contribution in [0.25, 0.3) is 5.76 Å². The van der Waals surface area contributed by atoms with Gasteiger partial charge in [0.15, 0.2) is 0 Å². The molecule has 1 fully saturated rings. The number of benzene rings is 3. The molecule has 1 saturated heterocycles. The summed E-state index contributed by atoms with van der Waals surface area (Å²) in [7, 11) is 0. The summed E-state index contributed by atoms with van der Waals surface area (Å²) in [4.78, 5) is 32.8.